The van der Waals surface area contributed by atoms with E-state index in [0.29, 0.717) is 12.0 Å². The summed E-state index contributed by atoms with van der Waals surface area (Å²) in [4.78, 5) is 7.22. The molecule has 3 aliphatic heterocycles. The molecule has 0 radical (unpaired) electrons. The molecule has 3 aliphatic rings. The van der Waals surface area contributed by atoms with Crippen molar-refractivity contribution in [1.82, 2.24) is 9.88 Å². The Kier molecular flexibility index (Phi) is 4.51. The van der Waals surface area contributed by atoms with Gasteiger partial charge in [0.25, 0.3) is 0 Å². The maximum atomic E-state index is 5.47. The fourth-order valence-electron chi connectivity index (χ4n) is 5.16. The van der Waals surface area contributed by atoms with E-state index in [1.165, 1.54) is 43.3 Å². The highest BCUT2D eigenvalue weighted by Crippen LogP contribution is 2.46. The number of nitrogens with zero attached hydrogens (tertiary/aromatic N) is 2. The summed E-state index contributed by atoms with van der Waals surface area (Å²) in [7, 11) is 1.73. The number of aromatic nitrogens is 1. The SMILES string of the molecule is C=CC1CC2CCN1CC2[C@H](CC)c1ccnc2ccc(OC)cc12. The minimum absolute atomic E-state index is 0.580. The minimum atomic E-state index is 0.580. The van der Waals surface area contributed by atoms with Crippen molar-refractivity contribution in [3.63, 3.8) is 0 Å². The zero-order chi connectivity index (χ0) is 17.4. The fraction of sp³-hybridized carbons (Fsp3) is 0.500. The molecular formula is C22H28N2O. The van der Waals surface area contributed by atoms with Gasteiger partial charge in [0.1, 0.15) is 5.75 Å². The molecule has 0 saturated carbocycles. The summed E-state index contributed by atoms with van der Waals surface area (Å²) in [5.41, 5.74) is 2.52. The second kappa shape index (κ2) is 6.80. The molecule has 3 heteroatoms. The third-order valence-electron chi connectivity index (χ3n) is 6.46. The van der Waals surface area contributed by atoms with E-state index < -0.39 is 0 Å². The Balaban J connectivity index is 1.72. The van der Waals surface area contributed by atoms with E-state index in [1.807, 2.05) is 12.3 Å². The van der Waals surface area contributed by atoms with E-state index in [4.69, 9.17) is 4.74 Å². The van der Waals surface area contributed by atoms with Gasteiger partial charge in [0.2, 0.25) is 0 Å². The number of hydrogen-bond donors (Lipinski definition) is 0. The van der Waals surface area contributed by atoms with Gasteiger partial charge in [-0.15, -0.1) is 6.58 Å². The van der Waals surface area contributed by atoms with Gasteiger partial charge < -0.3 is 4.74 Å². The first kappa shape index (κ1) is 16.6. The van der Waals surface area contributed by atoms with Crippen LogP contribution < -0.4 is 4.74 Å². The highest BCUT2D eigenvalue weighted by Gasteiger charge is 2.42. The van der Waals surface area contributed by atoms with Crippen molar-refractivity contribution in [2.75, 3.05) is 20.2 Å². The van der Waals surface area contributed by atoms with E-state index in [-0.39, 0.29) is 0 Å². The average Bonchev–Trinajstić information content (AvgIpc) is 2.68. The molecule has 1 aromatic heterocycles. The molecule has 2 aromatic rings. The van der Waals surface area contributed by atoms with E-state index >= 15 is 0 Å². The van der Waals surface area contributed by atoms with E-state index in [1.54, 1.807) is 7.11 Å². The summed E-state index contributed by atoms with van der Waals surface area (Å²) in [5, 5.41) is 1.26. The molecule has 0 spiro atoms. The number of fused-ring (bicyclic) bond motifs is 4. The van der Waals surface area contributed by atoms with Crippen molar-refractivity contribution in [2.45, 2.75) is 38.1 Å². The lowest BCUT2D eigenvalue weighted by molar-refractivity contribution is 0.00787. The van der Waals surface area contributed by atoms with Crippen molar-refractivity contribution < 1.29 is 4.74 Å². The van der Waals surface area contributed by atoms with Crippen molar-refractivity contribution in [2.24, 2.45) is 11.8 Å². The first-order valence-corrected chi connectivity index (χ1v) is 9.54. The van der Waals surface area contributed by atoms with Crippen LogP contribution in [0.25, 0.3) is 10.9 Å². The van der Waals surface area contributed by atoms with Gasteiger partial charge in [0.15, 0.2) is 0 Å². The molecule has 5 atom stereocenters. The van der Waals surface area contributed by atoms with E-state index in [9.17, 15) is 0 Å². The Bertz CT molecular complexity index is 772. The summed E-state index contributed by atoms with van der Waals surface area (Å²) < 4.78 is 5.47. The van der Waals surface area contributed by atoms with Crippen LogP contribution in [0.15, 0.2) is 43.1 Å². The van der Waals surface area contributed by atoms with Gasteiger partial charge in [0.05, 0.1) is 12.6 Å². The number of hydrogen-bond acceptors (Lipinski definition) is 3. The van der Waals surface area contributed by atoms with Gasteiger partial charge >= 0.3 is 0 Å². The predicted octanol–water partition coefficient (Wildman–Crippen LogP) is 4.63. The van der Waals surface area contributed by atoms with Crippen LogP contribution in [0.4, 0.5) is 0 Å². The van der Waals surface area contributed by atoms with Crippen molar-refractivity contribution >= 4 is 10.9 Å². The van der Waals surface area contributed by atoms with Crippen LogP contribution in [0.2, 0.25) is 0 Å². The van der Waals surface area contributed by atoms with Crippen LogP contribution >= 0.6 is 0 Å². The van der Waals surface area contributed by atoms with Gasteiger partial charge in [0, 0.05) is 24.2 Å². The monoisotopic (exact) mass is 336 g/mol. The second-order valence-electron chi connectivity index (χ2n) is 7.54. The van der Waals surface area contributed by atoms with Gasteiger partial charge in [-0.3, -0.25) is 9.88 Å². The molecule has 1 aromatic carbocycles. The van der Waals surface area contributed by atoms with Gasteiger partial charge in [-0.1, -0.05) is 13.0 Å². The van der Waals surface area contributed by atoms with Crippen LogP contribution in [0.3, 0.4) is 0 Å². The molecule has 5 rings (SSSR count). The molecule has 25 heavy (non-hydrogen) atoms. The van der Waals surface area contributed by atoms with Crippen LogP contribution in [0, 0.1) is 11.8 Å². The Labute approximate surface area is 150 Å². The molecule has 3 nitrogen and oxygen atoms in total. The highest BCUT2D eigenvalue weighted by atomic mass is 16.5. The van der Waals surface area contributed by atoms with Crippen LogP contribution in [0.1, 0.15) is 37.7 Å². The van der Waals surface area contributed by atoms with E-state index in [0.717, 1.165) is 23.1 Å². The summed E-state index contributed by atoms with van der Waals surface area (Å²) in [6.45, 7) is 8.82. The molecule has 3 fully saturated rings. The second-order valence-corrected chi connectivity index (χ2v) is 7.54. The maximum Gasteiger partial charge on any atom is 0.119 e. The number of pyridine rings is 1. The normalized spacial score (nSPS) is 29.5. The highest BCUT2D eigenvalue weighted by molar-refractivity contribution is 5.84. The minimum Gasteiger partial charge on any atom is -0.497 e. The smallest absolute Gasteiger partial charge is 0.119 e. The Morgan fingerprint density at radius 1 is 1.40 bits per heavy atom. The summed E-state index contributed by atoms with van der Waals surface area (Å²) >= 11 is 0. The average molecular weight is 336 g/mol. The van der Waals surface area contributed by atoms with Gasteiger partial charge in [-0.25, -0.2) is 0 Å². The van der Waals surface area contributed by atoms with E-state index in [2.05, 4.69) is 47.7 Å². The Morgan fingerprint density at radius 3 is 2.96 bits per heavy atom. The Morgan fingerprint density at radius 2 is 2.28 bits per heavy atom. The molecule has 0 N–H and O–H groups in total. The predicted molar refractivity (Wildman–Crippen MR) is 103 cm³/mol. The quantitative estimate of drug-likeness (QED) is 0.744. The van der Waals surface area contributed by atoms with Crippen molar-refractivity contribution in [3.05, 3.63) is 48.7 Å². The lowest BCUT2D eigenvalue weighted by Gasteiger charge is -2.51. The summed E-state index contributed by atoms with van der Waals surface area (Å²) in [6, 6.07) is 9.06. The molecule has 4 unspecified atom stereocenters. The fourth-order valence-corrected chi connectivity index (χ4v) is 5.16. The molecule has 0 amide bonds. The number of methoxy groups -OCH3 is 1. The number of benzene rings is 1. The van der Waals surface area contributed by atoms with Crippen LogP contribution in [-0.4, -0.2) is 36.1 Å². The molecule has 4 heterocycles. The van der Waals surface area contributed by atoms with Gasteiger partial charge in [-0.2, -0.15) is 0 Å². The molecule has 3 saturated heterocycles. The van der Waals surface area contributed by atoms with Crippen molar-refractivity contribution in [3.8, 4) is 5.75 Å². The zero-order valence-corrected chi connectivity index (χ0v) is 15.3. The number of piperidine rings is 3. The van der Waals surface area contributed by atoms with Gasteiger partial charge in [-0.05, 0) is 73.4 Å². The topological polar surface area (TPSA) is 25.4 Å². The number of rotatable bonds is 5. The summed E-state index contributed by atoms with van der Waals surface area (Å²) in [5.74, 6) is 3.03. The third kappa shape index (κ3) is 2.85. The third-order valence-corrected chi connectivity index (χ3v) is 6.46. The summed E-state index contributed by atoms with van der Waals surface area (Å²) in [6.07, 6.45) is 7.90. The molecular weight excluding hydrogens is 308 g/mol. The first-order chi connectivity index (χ1) is 12.2. The van der Waals surface area contributed by atoms with Crippen molar-refractivity contribution in [1.29, 1.82) is 0 Å². The standard InChI is InChI=1S/C22H28N2O/c1-4-16-12-15-9-11-24(16)14-21(15)18(5-2)19-8-10-23-22-7-6-17(25-3)13-20(19)22/h4,6-8,10,13,15-16,18,21H,1,5,9,11-12,14H2,2-3H3/t15?,16?,18-,21?/m1/s1. The molecule has 0 aliphatic carbocycles. The lowest BCUT2D eigenvalue weighted by atomic mass is 9.67. The largest absolute Gasteiger partial charge is 0.497 e. The Hall–Kier alpha value is -1.87. The van der Waals surface area contributed by atoms with Crippen LogP contribution in [0.5, 0.6) is 5.75 Å². The lowest BCUT2D eigenvalue weighted by Crippen LogP contribution is -2.53. The maximum absolute atomic E-state index is 5.47. The number of ether oxygens (including phenoxy) is 1. The first-order valence-electron chi connectivity index (χ1n) is 9.54. The molecule has 132 valence electrons. The van der Waals surface area contributed by atoms with Crippen LogP contribution in [-0.2, 0) is 0 Å². The zero-order valence-electron chi connectivity index (χ0n) is 15.3. The molecule has 2 bridgehead atoms.